The minimum absolute atomic E-state index is 0.0229. The number of likely N-dealkylation sites (N-methyl/N-ethyl adjacent to an activating group) is 2. The van der Waals surface area contributed by atoms with E-state index in [4.69, 9.17) is 47.1 Å². The summed E-state index contributed by atoms with van der Waals surface area (Å²) in [5.41, 5.74) is 0.0193. The first-order chi connectivity index (χ1) is 39.0. The van der Waals surface area contributed by atoms with Gasteiger partial charge in [0.1, 0.15) is 21.6 Å². The molecule has 3 aromatic rings. The second kappa shape index (κ2) is 32.3. The van der Waals surface area contributed by atoms with Gasteiger partial charge in [-0.15, -0.1) is 0 Å². The van der Waals surface area contributed by atoms with Crippen molar-refractivity contribution in [3.63, 3.8) is 0 Å². The Kier molecular flexibility index (Phi) is 28.1. The van der Waals surface area contributed by atoms with Crippen LogP contribution in [0.25, 0.3) is 0 Å². The minimum Gasteiger partial charge on any atom is -0.480 e. The molecule has 0 aromatic carbocycles. The molecule has 84 heavy (non-hydrogen) atoms. The summed E-state index contributed by atoms with van der Waals surface area (Å²) in [6.07, 6.45) is 10.6. The standard InChI is InChI=1S/C23H38N2O5.C18H30N2O4.C17H26BrNO4.C4H7BrO2/c1-22(2,16-29-21-8-6-7-11-28-21)19-14-18(30-24-19)15-20(26)23(3,4)25(5)17-9-12-27-13-10-17;1-17(2,12-21)15-10-14(24-19-15)11-16(22)18(3,4)20(5)13-6-8-23-9-7-13;1-16(2,11-22-15-7-5-6-8-21-15)13-9-12(23-19-13)10-14(20)17(3,4)18;1-4(2,5)3(6)7/h14,17,21H,6-13,15-16H2,1-5H3;10,13,21H,6-9,11-12H2,1-5H3;9,15H,5-8,10-11H2,1-4H3;1-2H3,(H,6,7). The van der Waals surface area contributed by atoms with Gasteiger partial charge in [0.15, 0.2) is 29.9 Å². The smallest absolute Gasteiger partial charge is 0.319 e. The third-order valence-corrected chi connectivity index (χ3v) is 17.3. The molecule has 4 saturated heterocycles. The molecule has 2 atom stereocenters. The van der Waals surface area contributed by atoms with Crippen LogP contribution in [0.5, 0.6) is 0 Å². The number of aliphatic carboxylic acids is 1. The van der Waals surface area contributed by atoms with Gasteiger partial charge >= 0.3 is 5.97 Å². The summed E-state index contributed by atoms with van der Waals surface area (Å²) in [5, 5.41) is 30.0. The average molecular weight is 1320 g/mol. The number of ether oxygens (including phenoxy) is 6. The maximum absolute atomic E-state index is 13.1. The lowest BCUT2D eigenvalue weighted by Crippen LogP contribution is -2.54. The topological polar surface area (TPSA) is 249 Å². The molecule has 22 heteroatoms. The predicted molar refractivity (Wildman–Crippen MR) is 326 cm³/mol. The number of carboxylic acid groups (broad SMARTS) is 1. The zero-order valence-corrected chi connectivity index (χ0v) is 56.5. The van der Waals surface area contributed by atoms with Crippen LogP contribution in [0.1, 0.15) is 196 Å². The molecule has 3 aromatic heterocycles. The first-order valence-corrected chi connectivity index (χ1v) is 31.4. The molecule has 7 rings (SSSR count). The normalized spacial score (nSPS) is 19.2. The van der Waals surface area contributed by atoms with E-state index in [1.807, 2.05) is 95.5 Å². The molecule has 478 valence electrons. The molecule has 0 spiro atoms. The van der Waals surface area contributed by atoms with Crippen molar-refractivity contribution in [3.05, 3.63) is 52.6 Å². The predicted octanol–water partition coefficient (Wildman–Crippen LogP) is 10.5. The fraction of sp³-hybridized carbons (Fsp3) is 0.790. The lowest BCUT2D eigenvalue weighted by Gasteiger charge is -2.41. The third-order valence-electron chi connectivity index (χ3n) is 16.5. The molecule has 4 aliphatic rings. The van der Waals surface area contributed by atoms with Crippen LogP contribution in [0.2, 0.25) is 0 Å². The van der Waals surface area contributed by atoms with Gasteiger partial charge in [0.2, 0.25) is 0 Å². The SMILES string of the molecule is CC(C)(Br)C(=O)Cc1cc(C(C)(C)COC2CCCCO2)no1.CC(C)(Br)C(=O)O.CN(C1CCOCC1)C(C)(C)C(=O)Cc1cc(C(C)(C)CO)no1.CN(C1CCOCC1)C(C)(C)C(=O)Cc1cc(C(C)(C)COC2CCCCO2)no1. The number of hydrogen-bond donors (Lipinski definition) is 2. The molecule has 2 N–H and O–H groups in total. The Balaban J connectivity index is 0.000000258. The van der Waals surface area contributed by atoms with Gasteiger partial charge in [-0.25, -0.2) is 0 Å². The molecule has 20 nitrogen and oxygen atoms in total. The molecular formula is C62H101Br2N5O15. The number of Topliss-reactive ketones (excluding diaryl/α,β-unsaturated/α-hetero) is 3. The Morgan fingerprint density at radius 3 is 1.12 bits per heavy atom. The van der Waals surface area contributed by atoms with Crippen molar-refractivity contribution < 1.29 is 71.4 Å². The summed E-state index contributed by atoms with van der Waals surface area (Å²) in [6.45, 7) is 32.3. The van der Waals surface area contributed by atoms with Crippen LogP contribution < -0.4 is 0 Å². The first-order valence-electron chi connectivity index (χ1n) is 29.8. The van der Waals surface area contributed by atoms with Crippen molar-refractivity contribution in [2.24, 2.45) is 0 Å². The van der Waals surface area contributed by atoms with E-state index in [0.29, 0.717) is 48.3 Å². The largest absolute Gasteiger partial charge is 0.480 e. The van der Waals surface area contributed by atoms with Crippen LogP contribution in [0, 0.1) is 0 Å². The van der Waals surface area contributed by atoms with Crippen LogP contribution in [-0.2, 0) is 83.1 Å². The Morgan fingerprint density at radius 2 is 0.833 bits per heavy atom. The van der Waals surface area contributed by atoms with E-state index in [2.05, 4.69) is 71.0 Å². The van der Waals surface area contributed by atoms with E-state index >= 15 is 0 Å². The Labute approximate surface area is 516 Å². The first kappa shape index (κ1) is 73.2. The number of rotatable bonds is 24. The summed E-state index contributed by atoms with van der Waals surface area (Å²) in [6, 6.07) is 6.24. The number of ketones is 3. The number of aliphatic hydroxyl groups is 1. The Bertz CT molecular complexity index is 2480. The van der Waals surface area contributed by atoms with Crippen molar-refractivity contribution in [2.75, 3.05) is 73.6 Å². The highest BCUT2D eigenvalue weighted by Gasteiger charge is 2.40. The van der Waals surface area contributed by atoms with Crippen molar-refractivity contribution in [3.8, 4) is 0 Å². The van der Waals surface area contributed by atoms with E-state index in [-0.39, 0.29) is 66.6 Å². The molecule has 0 radical (unpaired) electrons. The summed E-state index contributed by atoms with van der Waals surface area (Å²) >= 11 is 6.31. The number of halogens is 2. The number of carbonyl (C=O) groups is 4. The van der Waals surface area contributed by atoms with Gasteiger partial charge < -0.3 is 52.2 Å². The van der Waals surface area contributed by atoms with E-state index in [9.17, 15) is 24.3 Å². The van der Waals surface area contributed by atoms with Gasteiger partial charge in [0, 0.05) is 86.2 Å². The highest BCUT2D eigenvalue weighted by molar-refractivity contribution is 9.10. The second-order valence-corrected chi connectivity index (χ2v) is 30.6. The lowest BCUT2D eigenvalue weighted by atomic mass is 9.88. The molecule has 0 bridgehead atoms. The van der Waals surface area contributed by atoms with Crippen LogP contribution in [-0.4, -0.2) is 177 Å². The number of alkyl halides is 2. The number of aromatic nitrogens is 3. The van der Waals surface area contributed by atoms with Crippen LogP contribution in [0.4, 0.5) is 0 Å². The van der Waals surface area contributed by atoms with Crippen molar-refractivity contribution >= 4 is 55.2 Å². The van der Waals surface area contributed by atoms with Crippen molar-refractivity contribution in [2.45, 2.75) is 241 Å². The molecule has 2 unspecified atom stereocenters. The van der Waals surface area contributed by atoms with E-state index in [1.165, 1.54) is 0 Å². The summed E-state index contributed by atoms with van der Waals surface area (Å²) in [7, 11) is 4.04. The number of carboxylic acids is 1. The third kappa shape index (κ3) is 22.7. The molecule has 4 aliphatic heterocycles. The molecule has 0 aliphatic carbocycles. The Hall–Kier alpha value is -3.29. The molecule has 7 heterocycles. The summed E-state index contributed by atoms with van der Waals surface area (Å²) in [5.74, 6) is 1.18. The van der Waals surface area contributed by atoms with Crippen molar-refractivity contribution in [1.82, 2.24) is 25.3 Å². The average Bonchev–Trinajstić information content (AvgIpc) is 4.29. The van der Waals surface area contributed by atoms with E-state index in [0.717, 1.165) is 115 Å². The van der Waals surface area contributed by atoms with E-state index < -0.39 is 31.1 Å². The highest BCUT2D eigenvalue weighted by atomic mass is 79.9. The number of carbonyl (C=O) groups excluding carboxylic acids is 3. The molecule has 0 amide bonds. The van der Waals surface area contributed by atoms with Gasteiger partial charge in [-0.05, 0) is 134 Å². The lowest BCUT2D eigenvalue weighted by molar-refractivity contribution is -0.170. The van der Waals surface area contributed by atoms with Crippen molar-refractivity contribution in [1.29, 1.82) is 0 Å². The maximum Gasteiger partial charge on any atom is 0.319 e. The maximum atomic E-state index is 13.1. The molecule has 4 fully saturated rings. The second-order valence-electron chi connectivity index (χ2n) is 26.6. The fourth-order valence-corrected chi connectivity index (χ4v) is 9.37. The van der Waals surface area contributed by atoms with Gasteiger partial charge in [-0.2, -0.15) is 0 Å². The number of aliphatic hydroxyl groups excluding tert-OH is 1. The van der Waals surface area contributed by atoms with Gasteiger partial charge in [0.05, 0.1) is 71.6 Å². The quantitative estimate of drug-likeness (QED) is 0.0791. The minimum atomic E-state index is -0.840. The van der Waals surface area contributed by atoms with Gasteiger partial charge in [-0.3, -0.25) is 29.0 Å². The van der Waals surface area contributed by atoms with Crippen LogP contribution in [0.15, 0.2) is 31.8 Å². The zero-order valence-electron chi connectivity index (χ0n) is 53.3. The highest BCUT2D eigenvalue weighted by Crippen LogP contribution is 2.31. The summed E-state index contributed by atoms with van der Waals surface area (Å²) in [4.78, 5) is 52.3. The monoisotopic (exact) mass is 1310 g/mol. The Morgan fingerprint density at radius 1 is 0.512 bits per heavy atom. The van der Waals surface area contributed by atoms with Gasteiger partial charge in [0.25, 0.3) is 0 Å². The van der Waals surface area contributed by atoms with Gasteiger partial charge in [-0.1, -0.05) is 88.9 Å². The fourth-order valence-electron chi connectivity index (χ4n) is 9.23. The summed E-state index contributed by atoms with van der Waals surface area (Å²) < 4.78 is 48.8. The molecular weight excluding hydrogens is 1210 g/mol. The molecule has 0 saturated carbocycles. The van der Waals surface area contributed by atoms with Crippen LogP contribution >= 0.6 is 31.9 Å². The van der Waals surface area contributed by atoms with E-state index in [1.54, 1.807) is 19.9 Å². The van der Waals surface area contributed by atoms with Crippen LogP contribution in [0.3, 0.4) is 0 Å². The zero-order chi connectivity index (χ0) is 62.9. The number of nitrogens with zero attached hydrogens (tertiary/aromatic N) is 5. The number of hydrogen-bond acceptors (Lipinski definition) is 19.